The molecule has 6 nitrogen and oxygen atoms in total. The number of hydrogen-bond donors (Lipinski definition) is 2. The fourth-order valence-electron chi connectivity index (χ4n) is 5.71. The van der Waals surface area contributed by atoms with Crippen LogP contribution in [0.5, 0.6) is 0 Å². The van der Waals surface area contributed by atoms with Gasteiger partial charge in [0, 0.05) is 36.8 Å². The first-order valence-electron chi connectivity index (χ1n) is 12.0. The minimum atomic E-state index is -0.953. The van der Waals surface area contributed by atoms with Gasteiger partial charge in [-0.3, -0.25) is 14.5 Å². The van der Waals surface area contributed by atoms with Gasteiger partial charge in [-0.15, -0.1) is 0 Å². The average molecular weight is 430 g/mol. The van der Waals surface area contributed by atoms with Crippen LogP contribution >= 0.6 is 0 Å². The Morgan fingerprint density at radius 1 is 1.23 bits per heavy atom. The van der Waals surface area contributed by atoms with Gasteiger partial charge in [0.15, 0.2) is 0 Å². The predicted octanol–water partition coefficient (Wildman–Crippen LogP) is 3.28. The highest BCUT2D eigenvalue weighted by atomic mass is 16.3. The van der Waals surface area contributed by atoms with Crippen LogP contribution in [0.15, 0.2) is 24.3 Å². The third-order valence-electron chi connectivity index (χ3n) is 7.30. The zero-order valence-electron chi connectivity index (χ0n) is 19.3. The summed E-state index contributed by atoms with van der Waals surface area (Å²) in [5, 5.41) is 9.94. The Bertz CT molecular complexity index is 752. The molecule has 3 rings (SSSR count). The number of nitrogens with two attached hydrogens (primary N) is 1. The van der Waals surface area contributed by atoms with Crippen molar-refractivity contribution in [2.75, 3.05) is 13.1 Å². The van der Waals surface area contributed by atoms with E-state index in [4.69, 9.17) is 5.73 Å². The van der Waals surface area contributed by atoms with Crippen LogP contribution in [0, 0.1) is 0 Å². The first kappa shape index (κ1) is 23.7. The fraction of sp³-hybridized carbons (Fsp3) is 0.680. The Labute approximate surface area is 186 Å². The lowest BCUT2D eigenvalue weighted by molar-refractivity contribution is -0.142. The maximum absolute atomic E-state index is 12.7. The summed E-state index contributed by atoms with van der Waals surface area (Å²) in [6.45, 7) is 7.38. The van der Waals surface area contributed by atoms with Gasteiger partial charge in [-0.25, -0.2) is 0 Å². The van der Waals surface area contributed by atoms with Gasteiger partial charge >= 0.3 is 0 Å². The summed E-state index contributed by atoms with van der Waals surface area (Å²) in [6.07, 6.45) is 6.50. The Balaban J connectivity index is 1.66. The quantitative estimate of drug-likeness (QED) is 0.598. The number of primary amides is 1. The maximum atomic E-state index is 12.7. The van der Waals surface area contributed by atoms with E-state index in [1.807, 2.05) is 17.0 Å². The van der Waals surface area contributed by atoms with E-state index in [-0.39, 0.29) is 17.9 Å². The van der Waals surface area contributed by atoms with E-state index in [0.717, 1.165) is 38.6 Å². The molecule has 3 unspecified atom stereocenters. The molecule has 0 spiro atoms. The molecule has 2 bridgehead atoms. The lowest BCUT2D eigenvalue weighted by Gasteiger charge is -2.41. The third kappa shape index (κ3) is 5.47. The molecule has 172 valence electrons. The lowest BCUT2D eigenvalue weighted by atomic mass is 9.84. The SMILES string of the molecule is CCCC(CC)N(CCN1C2CCC1CC(c1cccc(C(N)=O)c1)C2)C(=O)[C@@H](C)O. The second kappa shape index (κ2) is 10.6. The molecule has 1 aromatic rings. The molecule has 0 radical (unpaired) electrons. The van der Waals surface area contributed by atoms with Crippen molar-refractivity contribution in [3.63, 3.8) is 0 Å². The summed E-state index contributed by atoms with van der Waals surface area (Å²) in [6, 6.07) is 9.00. The highest BCUT2D eigenvalue weighted by Gasteiger charge is 2.41. The summed E-state index contributed by atoms with van der Waals surface area (Å²) in [5.41, 5.74) is 7.27. The molecule has 2 amide bonds. The van der Waals surface area contributed by atoms with Gasteiger partial charge in [0.2, 0.25) is 5.91 Å². The first-order valence-corrected chi connectivity index (χ1v) is 12.0. The highest BCUT2D eigenvalue weighted by Crippen LogP contribution is 2.43. The minimum Gasteiger partial charge on any atom is -0.384 e. The molecule has 31 heavy (non-hydrogen) atoms. The molecule has 0 aromatic heterocycles. The van der Waals surface area contributed by atoms with Crippen molar-refractivity contribution in [3.8, 4) is 0 Å². The molecule has 3 N–H and O–H groups in total. The standard InChI is InChI=1S/C25H39N3O3/c1-4-7-21(5-2)28(25(31)17(3)29)13-12-27-22-10-11-23(27)16-20(15-22)18-8-6-9-19(14-18)24(26)30/h6,8-9,14,17,20-23,29H,4-5,7,10-13,15-16H2,1-3H3,(H2,26,30)/t17-,20?,21?,22?,23?/m1/s1. The monoisotopic (exact) mass is 429 g/mol. The van der Waals surface area contributed by atoms with E-state index in [1.165, 1.54) is 18.4 Å². The summed E-state index contributed by atoms with van der Waals surface area (Å²) in [7, 11) is 0. The number of aliphatic hydroxyl groups excluding tert-OH is 1. The van der Waals surface area contributed by atoms with Crippen molar-refractivity contribution in [1.29, 1.82) is 0 Å². The van der Waals surface area contributed by atoms with Crippen LogP contribution in [0.4, 0.5) is 0 Å². The van der Waals surface area contributed by atoms with Gasteiger partial charge in [0.1, 0.15) is 6.10 Å². The van der Waals surface area contributed by atoms with Gasteiger partial charge in [-0.2, -0.15) is 0 Å². The summed E-state index contributed by atoms with van der Waals surface area (Å²) in [5.74, 6) is -0.0692. The van der Waals surface area contributed by atoms with Gasteiger partial charge in [-0.1, -0.05) is 32.4 Å². The van der Waals surface area contributed by atoms with Crippen LogP contribution in [-0.4, -0.2) is 64.0 Å². The minimum absolute atomic E-state index is 0.147. The zero-order chi connectivity index (χ0) is 22.5. The molecule has 1 aromatic carbocycles. The van der Waals surface area contributed by atoms with Crippen molar-refractivity contribution < 1.29 is 14.7 Å². The number of piperidine rings is 1. The Morgan fingerprint density at radius 2 is 1.90 bits per heavy atom. The topological polar surface area (TPSA) is 86.9 Å². The Hall–Kier alpha value is -1.92. The number of benzene rings is 1. The predicted molar refractivity (Wildman–Crippen MR) is 123 cm³/mol. The third-order valence-corrected chi connectivity index (χ3v) is 7.30. The maximum Gasteiger partial charge on any atom is 0.251 e. The number of carbonyl (C=O) groups is 2. The number of aliphatic hydroxyl groups is 1. The van der Waals surface area contributed by atoms with E-state index in [1.54, 1.807) is 13.0 Å². The number of carbonyl (C=O) groups excluding carboxylic acids is 2. The highest BCUT2D eigenvalue weighted by molar-refractivity contribution is 5.92. The first-order chi connectivity index (χ1) is 14.8. The number of amides is 2. The number of fused-ring (bicyclic) bond motifs is 2. The molecular weight excluding hydrogens is 390 g/mol. The Kier molecular flexibility index (Phi) is 8.11. The molecule has 0 aliphatic carbocycles. The molecule has 0 saturated carbocycles. The van der Waals surface area contributed by atoms with Crippen molar-refractivity contribution >= 4 is 11.8 Å². The van der Waals surface area contributed by atoms with Gasteiger partial charge in [-0.05, 0) is 69.1 Å². The van der Waals surface area contributed by atoms with E-state index < -0.39 is 6.10 Å². The normalized spacial score (nSPS) is 25.2. The van der Waals surface area contributed by atoms with Crippen molar-refractivity contribution in [2.45, 2.75) is 95.9 Å². The van der Waals surface area contributed by atoms with E-state index in [9.17, 15) is 14.7 Å². The smallest absolute Gasteiger partial charge is 0.251 e. The van der Waals surface area contributed by atoms with E-state index in [2.05, 4.69) is 24.8 Å². The van der Waals surface area contributed by atoms with Crippen LogP contribution < -0.4 is 5.73 Å². The molecule has 6 heteroatoms. The molecule has 2 aliphatic rings. The molecule has 2 saturated heterocycles. The largest absolute Gasteiger partial charge is 0.384 e. The molecule has 2 fully saturated rings. The van der Waals surface area contributed by atoms with E-state index >= 15 is 0 Å². The summed E-state index contributed by atoms with van der Waals surface area (Å²) < 4.78 is 0. The zero-order valence-corrected chi connectivity index (χ0v) is 19.3. The van der Waals surface area contributed by atoms with Crippen molar-refractivity contribution in [1.82, 2.24) is 9.80 Å². The number of hydrogen-bond acceptors (Lipinski definition) is 4. The van der Waals surface area contributed by atoms with Crippen molar-refractivity contribution in [2.24, 2.45) is 5.73 Å². The molecule has 2 heterocycles. The van der Waals surface area contributed by atoms with Crippen LogP contribution in [0.3, 0.4) is 0 Å². The fourth-order valence-corrected chi connectivity index (χ4v) is 5.71. The second-order valence-electron chi connectivity index (χ2n) is 9.34. The molecular formula is C25H39N3O3. The Morgan fingerprint density at radius 3 is 2.45 bits per heavy atom. The van der Waals surface area contributed by atoms with Crippen molar-refractivity contribution in [3.05, 3.63) is 35.4 Å². The van der Waals surface area contributed by atoms with Gasteiger partial charge in [0.05, 0.1) is 0 Å². The number of rotatable bonds is 10. The van der Waals surface area contributed by atoms with Crippen LogP contribution in [0.2, 0.25) is 0 Å². The van der Waals surface area contributed by atoms with Crippen LogP contribution in [0.1, 0.15) is 87.6 Å². The lowest BCUT2D eigenvalue weighted by Crippen LogP contribution is -2.51. The van der Waals surface area contributed by atoms with Gasteiger partial charge < -0.3 is 15.7 Å². The number of nitrogens with zero attached hydrogens (tertiary/aromatic N) is 2. The van der Waals surface area contributed by atoms with Crippen LogP contribution in [-0.2, 0) is 4.79 Å². The molecule has 4 atom stereocenters. The molecule has 2 aliphatic heterocycles. The summed E-state index contributed by atoms with van der Waals surface area (Å²) >= 11 is 0. The summed E-state index contributed by atoms with van der Waals surface area (Å²) in [4.78, 5) is 28.8. The van der Waals surface area contributed by atoms with E-state index in [0.29, 0.717) is 30.1 Å². The van der Waals surface area contributed by atoms with Crippen LogP contribution in [0.25, 0.3) is 0 Å². The van der Waals surface area contributed by atoms with Gasteiger partial charge in [0.25, 0.3) is 5.91 Å². The second-order valence-corrected chi connectivity index (χ2v) is 9.34. The average Bonchev–Trinajstić information content (AvgIpc) is 2.99.